The summed E-state index contributed by atoms with van der Waals surface area (Å²) in [5.41, 5.74) is 0.417. The van der Waals surface area contributed by atoms with E-state index in [9.17, 15) is 29.1 Å². The highest BCUT2D eigenvalue weighted by Gasteiger charge is 2.37. The molecular formula is C18H23N5O7. The second-order valence-electron chi connectivity index (χ2n) is 6.34. The second-order valence-corrected chi connectivity index (χ2v) is 6.34. The van der Waals surface area contributed by atoms with E-state index in [1.807, 2.05) is 12.2 Å². The molecule has 1 aromatic rings. The number of aromatic hydroxyl groups is 1. The molecule has 30 heavy (non-hydrogen) atoms. The Balaban J connectivity index is 0.000000269. The van der Waals surface area contributed by atoms with Crippen molar-refractivity contribution in [1.82, 2.24) is 20.9 Å². The van der Waals surface area contributed by atoms with Crippen LogP contribution in [-0.4, -0.2) is 83.6 Å². The molecule has 1 atom stereocenters. The van der Waals surface area contributed by atoms with Crippen molar-refractivity contribution < 1.29 is 34.2 Å². The molecule has 1 unspecified atom stereocenters. The Bertz CT molecular complexity index is 827. The number of hydrogen-bond donors (Lipinski definition) is 5. The molecule has 12 heteroatoms. The number of β-lactam (4-membered cyclic amide) rings is 1. The third-order valence-electron chi connectivity index (χ3n) is 4.40. The summed E-state index contributed by atoms with van der Waals surface area (Å²) in [7, 11) is 0. The summed E-state index contributed by atoms with van der Waals surface area (Å²) < 4.78 is 0. The largest absolute Gasteiger partial charge is 0.508 e. The molecule has 0 radical (unpaired) electrons. The van der Waals surface area contributed by atoms with E-state index in [0.29, 0.717) is 31.9 Å². The number of amides is 5. The highest BCUT2D eigenvalue weighted by atomic mass is 16.4. The van der Waals surface area contributed by atoms with Crippen LogP contribution < -0.4 is 20.9 Å². The molecule has 0 aromatic heterocycles. The first-order chi connectivity index (χ1) is 14.2. The molecule has 0 spiro atoms. The molecule has 1 aromatic carbocycles. The highest BCUT2D eigenvalue weighted by Crippen LogP contribution is 2.22. The summed E-state index contributed by atoms with van der Waals surface area (Å²) in [5.74, 6) is -1.70. The Morgan fingerprint density at radius 3 is 2.33 bits per heavy atom. The lowest BCUT2D eigenvalue weighted by Crippen LogP contribution is -2.64. The molecule has 3 rings (SSSR count). The highest BCUT2D eigenvalue weighted by molar-refractivity contribution is 6.35. The SMILES string of the molecule is CCN1CCNC(=O)C1=O.O=C(O)NCC(=O)N(c1ccc(O)cc1)C1CNC1=O. The van der Waals surface area contributed by atoms with Gasteiger partial charge in [-0.3, -0.25) is 24.1 Å². The number of carboxylic acid groups (broad SMARTS) is 1. The van der Waals surface area contributed by atoms with Crippen LogP contribution in [0.25, 0.3) is 0 Å². The predicted molar refractivity (Wildman–Crippen MR) is 104 cm³/mol. The Hall–Kier alpha value is -3.83. The average Bonchev–Trinajstić information content (AvgIpc) is 2.72. The van der Waals surface area contributed by atoms with Crippen LogP contribution in [0.5, 0.6) is 5.75 Å². The van der Waals surface area contributed by atoms with Gasteiger partial charge in [0.25, 0.3) is 0 Å². The van der Waals surface area contributed by atoms with Crippen LogP contribution >= 0.6 is 0 Å². The van der Waals surface area contributed by atoms with E-state index in [-0.39, 0.29) is 11.7 Å². The topological polar surface area (TPSA) is 168 Å². The summed E-state index contributed by atoms with van der Waals surface area (Å²) in [6.45, 7) is 3.57. The van der Waals surface area contributed by atoms with E-state index < -0.39 is 36.4 Å². The lowest BCUT2D eigenvalue weighted by atomic mass is 10.1. The van der Waals surface area contributed by atoms with E-state index in [0.717, 1.165) is 0 Å². The molecule has 2 aliphatic heterocycles. The van der Waals surface area contributed by atoms with E-state index in [2.05, 4.69) is 10.6 Å². The van der Waals surface area contributed by atoms with Gasteiger partial charge in [0.15, 0.2) is 0 Å². The van der Waals surface area contributed by atoms with E-state index in [4.69, 9.17) is 5.11 Å². The number of hydrogen-bond acceptors (Lipinski definition) is 6. The van der Waals surface area contributed by atoms with Crippen LogP contribution in [0.1, 0.15) is 6.92 Å². The molecule has 2 aliphatic rings. The van der Waals surface area contributed by atoms with Crippen LogP contribution in [0.15, 0.2) is 24.3 Å². The summed E-state index contributed by atoms with van der Waals surface area (Å²) in [4.78, 5) is 58.2. The fourth-order valence-electron chi connectivity index (χ4n) is 2.76. The average molecular weight is 421 g/mol. The molecule has 2 fully saturated rings. The number of benzene rings is 1. The quantitative estimate of drug-likeness (QED) is 0.283. The second kappa shape index (κ2) is 10.1. The van der Waals surface area contributed by atoms with Gasteiger partial charge in [-0.25, -0.2) is 4.79 Å². The molecule has 162 valence electrons. The van der Waals surface area contributed by atoms with Crippen molar-refractivity contribution in [3.63, 3.8) is 0 Å². The van der Waals surface area contributed by atoms with E-state index in [1.54, 1.807) is 0 Å². The fraction of sp³-hybridized carbons (Fsp3) is 0.389. The van der Waals surface area contributed by atoms with Crippen molar-refractivity contribution >= 4 is 35.4 Å². The zero-order chi connectivity index (χ0) is 22.3. The number of anilines is 1. The number of carbonyl (C=O) groups is 5. The van der Waals surface area contributed by atoms with Crippen molar-refractivity contribution in [2.45, 2.75) is 13.0 Å². The minimum Gasteiger partial charge on any atom is -0.508 e. The number of phenolic OH excluding ortho intramolecular Hbond substituents is 1. The Morgan fingerprint density at radius 1 is 1.20 bits per heavy atom. The van der Waals surface area contributed by atoms with Gasteiger partial charge < -0.3 is 31.1 Å². The van der Waals surface area contributed by atoms with Crippen LogP contribution in [0.2, 0.25) is 0 Å². The molecule has 0 bridgehead atoms. The van der Waals surface area contributed by atoms with Gasteiger partial charge in [0.05, 0.1) is 0 Å². The minimum atomic E-state index is -1.32. The zero-order valence-corrected chi connectivity index (χ0v) is 16.3. The first-order valence-electron chi connectivity index (χ1n) is 9.17. The van der Waals surface area contributed by atoms with Gasteiger partial charge in [0.2, 0.25) is 11.8 Å². The van der Waals surface area contributed by atoms with Crippen molar-refractivity contribution in [2.24, 2.45) is 0 Å². The zero-order valence-electron chi connectivity index (χ0n) is 16.3. The van der Waals surface area contributed by atoms with Gasteiger partial charge >= 0.3 is 17.9 Å². The maximum Gasteiger partial charge on any atom is 0.405 e. The van der Waals surface area contributed by atoms with Crippen LogP contribution in [0.3, 0.4) is 0 Å². The number of nitrogens with zero attached hydrogens (tertiary/aromatic N) is 2. The molecule has 2 heterocycles. The van der Waals surface area contributed by atoms with Crippen LogP contribution in [-0.2, 0) is 19.2 Å². The minimum absolute atomic E-state index is 0.0304. The normalized spacial score (nSPS) is 17.6. The lowest BCUT2D eigenvalue weighted by Gasteiger charge is -2.36. The van der Waals surface area contributed by atoms with E-state index >= 15 is 0 Å². The van der Waals surface area contributed by atoms with Gasteiger partial charge in [0, 0.05) is 31.9 Å². The number of nitrogens with one attached hydrogen (secondary N) is 3. The van der Waals surface area contributed by atoms with Gasteiger partial charge in [-0.05, 0) is 31.2 Å². The van der Waals surface area contributed by atoms with E-state index in [1.165, 1.54) is 34.1 Å². The van der Waals surface area contributed by atoms with Crippen LogP contribution in [0, 0.1) is 0 Å². The predicted octanol–water partition coefficient (Wildman–Crippen LogP) is -1.54. The third kappa shape index (κ3) is 5.59. The standard InChI is InChI=1S/C12H13N3O5.C6H10N2O2/c16-8-3-1-7(2-4-8)15(9-5-13-11(9)18)10(17)6-14-12(19)20;1-2-8-4-3-7-5(9)6(8)10/h1-4,9,14,16H,5-6H2,(H,13,18)(H,19,20);2-4H2,1H3,(H,7,9). The monoisotopic (exact) mass is 421 g/mol. The Labute approximate surface area is 171 Å². The molecule has 5 amide bonds. The Kier molecular flexibility index (Phi) is 7.56. The summed E-state index contributed by atoms with van der Waals surface area (Å²) in [6.07, 6.45) is -1.32. The number of phenols is 1. The van der Waals surface area contributed by atoms with Crippen molar-refractivity contribution in [3.05, 3.63) is 24.3 Å². The van der Waals surface area contributed by atoms with Gasteiger partial charge in [-0.2, -0.15) is 0 Å². The Morgan fingerprint density at radius 2 is 1.87 bits per heavy atom. The summed E-state index contributed by atoms with van der Waals surface area (Å²) in [6, 6.07) is 5.08. The van der Waals surface area contributed by atoms with Crippen molar-refractivity contribution in [1.29, 1.82) is 0 Å². The molecule has 2 saturated heterocycles. The van der Waals surface area contributed by atoms with Crippen molar-refractivity contribution in [3.8, 4) is 5.75 Å². The molecule has 5 N–H and O–H groups in total. The molecule has 0 aliphatic carbocycles. The number of rotatable bonds is 5. The van der Waals surface area contributed by atoms with Gasteiger partial charge in [-0.15, -0.1) is 0 Å². The first kappa shape index (κ1) is 22.5. The number of likely N-dealkylation sites (N-methyl/N-ethyl adjacent to an activating group) is 1. The summed E-state index contributed by atoms with van der Waals surface area (Å²) in [5, 5.41) is 24.7. The maximum atomic E-state index is 12.1. The fourth-order valence-corrected chi connectivity index (χ4v) is 2.76. The third-order valence-corrected chi connectivity index (χ3v) is 4.40. The molecule has 0 saturated carbocycles. The van der Waals surface area contributed by atoms with Crippen molar-refractivity contribution in [2.75, 3.05) is 37.6 Å². The van der Waals surface area contributed by atoms with Gasteiger partial charge in [-0.1, -0.05) is 0 Å². The van der Waals surface area contributed by atoms with Gasteiger partial charge in [0.1, 0.15) is 18.3 Å². The molecular weight excluding hydrogens is 398 g/mol. The smallest absolute Gasteiger partial charge is 0.405 e. The lowest BCUT2D eigenvalue weighted by molar-refractivity contribution is -0.147. The van der Waals surface area contributed by atoms with Crippen LogP contribution in [0.4, 0.5) is 10.5 Å². The first-order valence-corrected chi connectivity index (χ1v) is 9.17. The number of carbonyl (C=O) groups excluding carboxylic acids is 4. The number of piperazine rings is 1. The molecule has 12 nitrogen and oxygen atoms in total. The summed E-state index contributed by atoms with van der Waals surface area (Å²) >= 11 is 0. The maximum absolute atomic E-state index is 12.1.